The minimum atomic E-state index is 0.690. The highest BCUT2D eigenvalue weighted by Crippen LogP contribution is 2.45. The summed E-state index contributed by atoms with van der Waals surface area (Å²) in [6, 6.07) is 47.7. The molecule has 0 atom stereocenters. The lowest BCUT2D eigenvalue weighted by Crippen LogP contribution is -1.98. The van der Waals surface area contributed by atoms with Gasteiger partial charge < -0.3 is 4.42 Å². The van der Waals surface area contributed by atoms with Gasteiger partial charge in [-0.15, -0.1) is 11.3 Å². The number of para-hydroxylation sites is 4. The lowest BCUT2D eigenvalue weighted by Gasteiger charge is -2.10. The topological polar surface area (TPSA) is 69.1 Å². The second-order valence-electron chi connectivity index (χ2n) is 12.2. The molecule has 5 aromatic heterocycles. The molecule has 0 fully saturated rings. The summed E-state index contributed by atoms with van der Waals surface area (Å²) in [5, 5.41) is 4.15. The average molecular weight is 646 g/mol. The minimum Gasteiger partial charge on any atom is -0.455 e. The zero-order valence-electron chi connectivity index (χ0n) is 25.8. The number of hydrogen-bond donors (Lipinski definition) is 0. The molecular formula is C42H23N5OS. The van der Waals surface area contributed by atoms with Gasteiger partial charge >= 0.3 is 0 Å². The zero-order chi connectivity index (χ0) is 32.1. The van der Waals surface area contributed by atoms with Gasteiger partial charge in [-0.1, -0.05) is 97.1 Å². The van der Waals surface area contributed by atoms with Crippen LogP contribution in [0, 0.1) is 0 Å². The first-order chi connectivity index (χ1) is 24.3. The molecular weight excluding hydrogens is 623 g/mol. The van der Waals surface area contributed by atoms with Crippen LogP contribution in [0.2, 0.25) is 0 Å². The third-order valence-corrected chi connectivity index (χ3v) is 10.6. The molecule has 11 rings (SSSR count). The molecule has 0 unspecified atom stereocenters. The Hall–Kier alpha value is -6.44. The van der Waals surface area contributed by atoms with Gasteiger partial charge in [0.15, 0.2) is 5.82 Å². The molecule has 0 saturated heterocycles. The molecule has 0 aliphatic heterocycles. The number of nitrogens with zero attached hydrogens (tertiary/aromatic N) is 5. The van der Waals surface area contributed by atoms with Crippen LogP contribution in [0.4, 0.5) is 0 Å². The van der Waals surface area contributed by atoms with Crippen LogP contribution in [0.5, 0.6) is 0 Å². The Labute approximate surface area is 282 Å². The molecule has 0 saturated carbocycles. The van der Waals surface area contributed by atoms with E-state index in [4.69, 9.17) is 24.4 Å². The Morgan fingerprint density at radius 3 is 2.20 bits per heavy atom. The number of hydrogen-bond acceptors (Lipinski definition) is 6. The van der Waals surface area contributed by atoms with Crippen LogP contribution in [0.15, 0.2) is 144 Å². The number of thiophene rings is 1. The lowest BCUT2D eigenvalue weighted by molar-refractivity contribution is 0.670. The fourth-order valence-electron chi connectivity index (χ4n) is 7.24. The van der Waals surface area contributed by atoms with Crippen molar-refractivity contribution in [1.82, 2.24) is 24.3 Å². The summed E-state index contributed by atoms with van der Waals surface area (Å²) in [6.45, 7) is 0. The van der Waals surface area contributed by atoms with E-state index in [1.807, 2.05) is 48.5 Å². The summed E-state index contributed by atoms with van der Waals surface area (Å²) in [5.74, 6) is 1.51. The van der Waals surface area contributed by atoms with Crippen molar-refractivity contribution in [2.45, 2.75) is 0 Å². The molecule has 0 bridgehead atoms. The van der Waals surface area contributed by atoms with Gasteiger partial charge in [0.2, 0.25) is 0 Å². The predicted molar refractivity (Wildman–Crippen MR) is 200 cm³/mol. The second kappa shape index (κ2) is 10.0. The maximum absolute atomic E-state index is 6.83. The van der Waals surface area contributed by atoms with Crippen LogP contribution >= 0.6 is 11.3 Å². The van der Waals surface area contributed by atoms with Crippen LogP contribution < -0.4 is 0 Å². The Kier molecular flexibility index (Phi) is 5.45. The van der Waals surface area contributed by atoms with Gasteiger partial charge in [0.1, 0.15) is 22.6 Å². The molecule has 5 heterocycles. The summed E-state index contributed by atoms with van der Waals surface area (Å²) in [4.78, 5) is 20.7. The monoisotopic (exact) mass is 645 g/mol. The van der Waals surface area contributed by atoms with Crippen molar-refractivity contribution in [2.24, 2.45) is 0 Å². The van der Waals surface area contributed by atoms with E-state index in [1.165, 1.54) is 4.70 Å². The number of benzene rings is 6. The van der Waals surface area contributed by atoms with Crippen LogP contribution in [0.3, 0.4) is 0 Å². The Morgan fingerprint density at radius 1 is 0.551 bits per heavy atom. The molecule has 0 N–H and O–H groups in total. The van der Waals surface area contributed by atoms with Crippen molar-refractivity contribution in [1.29, 1.82) is 0 Å². The fraction of sp³-hybridized carbons (Fsp3) is 0. The third-order valence-electron chi connectivity index (χ3n) is 9.41. The minimum absolute atomic E-state index is 0.690. The summed E-state index contributed by atoms with van der Waals surface area (Å²) in [6.07, 6.45) is 0. The standard InChI is InChI=1S/C42H23N5OS/c1-2-12-24(13-3-1)40-45-36-26-15-5-9-23-34(26)49-39(36)37(46-40)29-18-10-16-27-35-28(17-11-22-33(35)48-38(27)29)42-43-30-19-6-4-14-25(30)41-44-31-20-7-8-21-32(31)47(41)42/h1-23H. The van der Waals surface area contributed by atoms with E-state index in [1.54, 1.807) is 11.3 Å². The van der Waals surface area contributed by atoms with Crippen molar-refractivity contribution in [3.63, 3.8) is 0 Å². The van der Waals surface area contributed by atoms with Gasteiger partial charge in [0.05, 0.1) is 32.5 Å². The third kappa shape index (κ3) is 3.82. The Bertz CT molecular complexity index is 3120. The van der Waals surface area contributed by atoms with Crippen LogP contribution in [-0.4, -0.2) is 24.3 Å². The number of rotatable bonds is 3. The van der Waals surface area contributed by atoms with Gasteiger partial charge in [-0.3, -0.25) is 4.40 Å². The molecule has 0 amide bonds. The smallest absolute Gasteiger partial charge is 0.160 e. The summed E-state index contributed by atoms with van der Waals surface area (Å²) >= 11 is 1.72. The molecule has 49 heavy (non-hydrogen) atoms. The van der Waals surface area contributed by atoms with E-state index >= 15 is 0 Å². The van der Waals surface area contributed by atoms with E-state index in [9.17, 15) is 0 Å². The highest BCUT2D eigenvalue weighted by atomic mass is 32.1. The molecule has 6 nitrogen and oxygen atoms in total. The largest absolute Gasteiger partial charge is 0.455 e. The van der Waals surface area contributed by atoms with E-state index in [0.29, 0.717) is 5.82 Å². The molecule has 6 aromatic carbocycles. The molecule has 0 aliphatic carbocycles. The first-order valence-corrected chi connectivity index (χ1v) is 17.0. The summed E-state index contributed by atoms with van der Waals surface area (Å²) in [5.41, 5.74) is 9.99. The number of furan rings is 1. The number of fused-ring (bicyclic) bond motifs is 11. The highest BCUT2D eigenvalue weighted by Gasteiger charge is 2.23. The number of aromatic nitrogens is 5. The lowest BCUT2D eigenvalue weighted by atomic mass is 10.0. The Balaban J connectivity index is 1.23. The molecule has 7 heteroatoms. The quantitative estimate of drug-likeness (QED) is 0.191. The van der Waals surface area contributed by atoms with Gasteiger partial charge in [0.25, 0.3) is 0 Å². The maximum atomic E-state index is 6.83. The molecule has 0 radical (unpaired) electrons. The second-order valence-corrected chi connectivity index (χ2v) is 13.3. The molecule has 11 aromatic rings. The fourth-order valence-corrected chi connectivity index (χ4v) is 8.38. The van der Waals surface area contributed by atoms with E-state index in [0.717, 1.165) is 93.3 Å². The molecule has 0 spiro atoms. The highest BCUT2D eigenvalue weighted by molar-refractivity contribution is 7.26. The van der Waals surface area contributed by atoms with E-state index in [-0.39, 0.29) is 0 Å². The van der Waals surface area contributed by atoms with Crippen molar-refractivity contribution in [3.8, 4) is 34.0 Å². The van der Waals surface area contributed by atoms with Crippen LogP contribution in [0.25, 0.3) is 104 Å². The SMILES string of the molecule is c1ccc(-c2nc(-c3cccc4c3oc3cccc(-c5nc6ccccc6c6nc7ccccc7n56)c34)c3sc4ccccc4c3n2)cc1. The normalized spacial score (nSPS) is 12.1. The number of imidazole rings is 1. The summed E-state index contributed by atoms with van der Waals surface area (Å²) in [7, 11) is 0. The Morgan fingerprint density at radius 2 is 1.29 bits per heavy atom. The van der Waals surface area contributed by atoms with Crippen LogP contribution in [0.1, 0.15) is 0 Å². The van der Waals surface area contributed by atoms with Gasteiger partial charge in [-0.05, 0) is 42.5 Å². The maximum Gasteiger partial charge on any atom is 0.160 e. The average Bonchev–Trinajstić information content (AvgIpc) is 3.86. The van der Waals surface area contributed by atoms with Gasteiger partial charge in [-0.2, -0.15) is 0 Å². The first kappa shape index (κ1) is 26.6. The summed E-state index contributed by atoms with van der Waals surface area (Å²) < 4.78 is 11.2. The van der Waals surface area contributed by atoms with Crippen molar-refractivity contribution >= 4 is 81.2 Å². The van der Waals surface area contributed by atoms with Crippen molar-refractivity contribution < 1.29 is 4.42 Å². The van der Waals surface area contributed by atoms with Gasteiger partial charge in [-0.25, -0.2) is 19.9 Å². The van der Waals surface area contributed by atoms with Gasteiger partial charge in [0, 0.05) is 42.9 Å². The first-order valence-electron chi connectivity index (χ1n) is 16.2. The van der Waals surface area contributed by atoms with E-state index in [2.05, 4.69) is 95.4 Å². The van der Waals surface area contributed by atoms with Crippen molar-refractivity contribution in [3.05, 3.63) is 140 Å². The van der Waals surface area contributed by atoms with Crippen molar-refractivity contribution in [2.75, 3.05) is 0 Å². The van der Waals surface area contributed by atoms with E-state index < -0.39 is 0 Å². The molecule has 0 aliphatic rings. The molecule has 228 valence electrons. The zero-order valence-corrected chi connectivity index (χ0v) is 26.6. The predicted octanol–water partition coefficient (Wildman–Crippen LogP) is 11.1. The van der Waals surface area contributed by atoms with Crippen LogP contribution in [-0.2, 0) is 0 Å².